The van der Waals surface area contributed by atoms with Gasteiger partial charge in [0.15, 0.2) is 0 Å². The van der Waals surface area contributed by atoms with Gasteiger partial charge in [-0.1, -0.05) is 18.6 Å². The molecule has 0 spiro atoms. The first kappa shape index (κ1) is 14.2. The largest absolute Gasteiger partial charge is 0.469 e. The number of esters is 1. The van der Waals surface area contributed by atoms with Crippen molar-refractivity contribution in [2.45, 2.75) is 46.1 Å². The SMILES string of the molecule is CC[C@H](C(=O)OC)[C@@H](O)CCC=C(C)C. The zero-order valence-corrected chi connectivity index (χ0v) is 10.1. The Kier molecular flexibility index (Phi) is 7.05. The lowest BCUT2D eigenvalue weighted by atomic mass is 9.95. The summed E-state index contributed by atoms with van der Waals surface area (Å²) in [5, 5.41) is 9.79. The summed E-state index contributed by atoms with van der Waals surface area (Å²) in [6.45, 7) is 5.92. The highest BCUT2D eigenvalue weighted by Crippen LogP contribution is 2.15. The minimum atomic E-state index is -0.599. The molecular formula is C12H22O3. The van der Waals surface area contributed by atoms with E-state index < -0.39 is 6.10 Å². The monoisotopic (exact) mass is 214 g/mol. The molecule has 0 fully saturated rings. The zero-order chi connectivity index (χ0) is 11.8. The van der Waals surface area contributed by atoms with Crippen LogP contribution in [0.2, 0.25) is 0 Å². The molecule has 0 aromatic heterocycles. The molecule has 0 rings (SSSR count). The number of carbonyl (C=O) groups excluding carboxylic acids is 1. The predicted octanol–water partition coefficient (Wildman–Crippen LogP) is 2.29. The van der Waals surface area contributed by atoms with Gasteiger partial charge < -0.3 is 9.84 Å². The highest BCUT2D eigenvalue weighted by molar-refractivity contribution is 5.72. The molecular weight excluding hydrogens is 192 g/mol. The number of aliphatic hydroxyl groups is 1. The highest BCUT2D eigenvalue weighted by atomic mass is 16.5. The zero-order valence-electron chi connectivity index (χ0n) is 10.1. The summed E-state index contributed by atoms with van der Waals surface area (Å²) in [4.78, 5) is 11.3. The fourth-order valence-electron chi connectivity index (χ4n) is 1.49. The summed E-state index contributed by atoms with van der Waals surface area (Å²) in [5.41, 5.74) is 1.23. The molecule has 0 aliphatic carbocycles. The van der Waals surface area contributed by atoms with Gasteiger partial charge in [0.25, 0.3) is 0 Å². The van der Waals surface area contributed by atoms with Crippen molar-refractivity contribution in [1.29, 1.82) is 0 Å². The predicted molar refractivity (Wildman–Crippen MR) is 60.5 cm³/mol. The molecule has 0 aliphatic rings. The standard InChI is InChI=1S/C12H22O3/c1-5-10(12(14)15-4)11(13)8-6-7-9(2)3/h7,10-11,13H,5-6,8H2,1-4H3/t10-,11-/m0/s1. The molecule has 2 atom stereocenters. The van der Waals surface area contributed by atoms with Gasteiger partial charge in [0.05, 0.1) is 19.1 Å². The van der Waals surface area contributed by atoms with Crippen LogP contribution in [0.5, 0.6) is 0 Å². The van der Waals surface area contributed by atoms with Gasteiger partial charge in [-0.2, -0.15) is 0 Å². The summed E-state index contributed by atoms with van der Waals surface area (Å²) in [6.07, 6.45) is 3.49. The summed E-state index contributed by atoms with van der Waals surface area (Å²) >= 11 is 0. The summed E-state index contributed by atoms with van der Waals surface area (Å²) in [5.74, 6) is -0.706. The van der Waals surface area contributed by atoms with E-state index in [2.05, 4.69) is 10.8 Å². The van der Waals surface area contributed by atoms with Crippen molar-refractivity contribution in [2.24, 2.45) is 5.92 Å². The van der Waals surface area contributed by atoms with Crippen LogP contribution in [0, 0.1) is 5.92 Å². The fraction of sp³-hybridized carbons (Fsp3) is 0.750. The summed E-state index contributed by atoms with van der Waals surface area (Å²) in [6, 6.07) is 0. The smallest absolute Gasteiger partial charge is 0.311 e. The van der Waals surface area contributed by atoms with Crippen molar-refractivity contribution in [3.8, 4) is 0 Å². The first-order valence-electron chi connectivity index (χ1n) is 5.42. The van der Waals surface area contributed by atoms with Gasteiger partial charge >= 0.3 is 5.97 Å². The van der Waals surface area contributed by atoms with Gasteiger partial charge in [-0.05, 0) is 33.1 Å². The van der Waals surface area contributed by atoms with Crippen LogP contribution in [0.4, 0.5) is 0 Å². The van der Waals surface area contributed by atoms with Crippen LogP contribution >= 0.6 is 0 Å². The number of carbonyl (C=O) groups is 1. The van der Waals surface area contributed by atoms with Crippen molar-refractivity contribution in [3.05, 3.63) is 11.6 Å². The Morgan fingerprint density at radius 2 is 2.07 bits per heavy atom. The number of rotatable bonds is 6. The Bertz CT molecular complexity index is 217. The Labute approximate surface area is 92.1 Å². The van der Waals surface area contributed by atoms with Crippen molar-refractivity contribution < 1.29 is 14.6 Å². The van der Waals surface area contributed by atoms with Gasteiger partial charge in [-0.3, -0.25) is 4.79 Å². The Morgan fingerprint density at radius 1 is 1.47 bits per heavy atom. The fourth-order valence-corrected chi connectivity index (χ4v) is 1.49. The molecule has 3 heteroatoms. The third-order valence-corrected chi connectivity index (χ3v) is 2.42. The third-order valence-electron chi connectivity index (χ3n) is 2.42. The maximum atomic E-state index is 11.3. The van der Waals surface area contributed by atoms with E-state index in [-0.39, 0.29) is 11.9 Å². The summed E-state index contributed by atoms with van der Waals surface area (Å²) in [7, 11) is 1.35. The lowest BCUT2D eigenvalue weighted by Gasteiger charge is -2.18. The molecule has 0 aliphatic heterocycles. The number of hydrogen-bond donors (Lipinski definition) is 1. The molecule has 0 aromatic carbocycles. The minimum absolute atomic E-state index is 0.317. The van der Waals surface area contributed by atoms with E-state index in [0.29, 0.717) is 12.8 Å². The lowest BCUT2D eigenvalue weighted by molar-refractivity contribution is -0.149. The number of ether oxygens (including phenoxy) is 1. The van der Waals surface area contributed by atoms with Crippen molar-refractivity contribution in [2.75, 3.05) is 7.11 Å². The van der Waals surface area contributed by atoms with Gasteiger partial charge in [0, 0.05) is 0 Å². The van der Waals surface area contributed by atoms with E-state index in [0.717, 1.165) is 6.42 Å². The van der Waals surface area contributed by atoms with E-state index in [1.807, 2.05) is 20.8 Å². The van der Waals surface area contributed by atoms with Crippen LogP contribution in [0.3, 0.4) is 0 Å². The first-order valence-corrected chi connectivity index (χ1v) is 5.42. The molecule has 0 aromatic rings. The second kappa shape index (κ2) is 7.46. The van der Waals surface area contributed by atoms with Crippen LogP contribution in [0.15, 0.2) is 11.6 Å². The van der Waals surface area contributed by atoms with Gasteiger partial charge in [0.1, 0.15) is 0 Å². The third kappa shape index (κ3) is 5.57. The second-order valence-corrected chi connectivity index (χ2v) is 3.96. The van der Waals surface area contributed by atoms with Gasteiger partial charge in [0.2, 0.25) is 0 Å². The average molecular weight is 214 g/mol. The first-order chi connectivity index (χ1) is 7.02. The normalized spacial score (nSPS) is 14.2. The number of aliphatic hydroxyl groups excluding tert-OH is 1. The van der Waals surface area contributed by atoms with Crippen LogP contribution in [-0.2, 0) is 9.53 Å². The number of hydrogen-bond acceptors (Lipinski definition) is 3. The van der Waals surface area contributed by atoms with E-state index >= 15 is 0 Å². The van der Waals surface area contributed by atoms with Crippen molar-refractivity contribution in [3.63, 3.8) is 0 Å². The number of methoxy groups -OCH3 is 1. The highest BCUT2D eigenvalue weighted by Gasteiger charge is 2.24. The number of allylic oxidation sites excluding steroid dienone is 2. The molecule has 1 N–H and O–H groups in total. The minimum Gasteiger partial charge on any atom is -0.469 e. The molecule has 88 valence electrons. The maximum absolute atomic E-state index is 11.3. The quantitative estimate of drug-likeness (QED) is 0.545. The van der Waals surface area contributed by atoms with Crippen LogP contribution < -0.4 is 0 Å². The summed E-state index contributed by atoms with van der Waals surface area (Å²) < 4.78 is 4.64. The van der Waals surface area contributed by atoms with Crippen molar-refractivity contribution >= 4 is 5.97 Å². The van der Waals surface area contributed by atoms with E-state index in [1.54, 1.807) is 0 Å². The molecule has 0 bridgehead atoms. The molecule has 0 unspecified atom stereocenters. The molecule has 0 heterocycles. The van der Waals surface area contributed by atoms with E-state index in [1.165, 1.54) is 12.7 Å². The Morgan fingerprint density at radius 3 is 2.47 bits per heavy atom. The van der Waals surface area contributed by atoms with Gasteiger partial charge in [-0.25, -0.2) is 0 Å². The molecule has 0 amide bonds. The molecule has 15 heavy (non-hydrogen) atoms. The molecule has 0 radical (unpaired) electrons. The van der Waals surface area contributed by atoms with Crippen LogP contribution in [0.25, 0.3) is 0 Å². The second-order valence-electron chi connectivity index (χ2n) is 3.96. The Hall–Kier alpha value is -0.830. The van der Waals surface area contributed by atoms with E-state index in [4.69, 9.17) is 0 Å². The Balaban J connectivity index is 4.10. The van der Waals surface area contributed by atoms with Gasteiger partial charge in [-0.15, -0.1) is 0 Å². The van der Waals surface area contributed by atoms with Crippen LogP contribution in [0.1, 0.15) is 40.0 Å². The maximum Gasteiger partial charge on any atom is 0.311 e. The molecule has 3 nitrogen and oxygen atoms in total. The average Bonchev–Trinajstić information content (AvgIpc) is 2.18. The topological polar surface area (TPSA) is 46.5 Å². The van der Waals surface area contributed by atoms with Crippen molar-refractivity contribution in [1.82, 2.24) is 0 Å². The molecule has 0 saturated carbocycles. The lowest BCUT2D eigenvalue weighted by Crippen LogP contribution is -2.28. The van der Waals surface area contributed by atoms with Crippen LogP contribution in [-0.4, -0.2) is 24.3 Å². The molecule has 0 saturated heterocycles. The van der Waals surface area contributed by atoms with E-state index in [9.17, 15) is 9.90 Å².